The molecule has 0 aromatic rings. The molecule has 1 fully saturated rings. The average Bonchev–Trinajstić information content (AvgIpc) is 1.88. The molecule has 0 aliphatic carbocycles. The molecule has 1 unspecified atom stereocenters. The second-order valence-corrected chi connectivity index (χ2v) is 3.17. The molecule has 1 atom stereocenters. The van der Waals surface area contributed by atoms with Crippen LogP contribution in [-0.4, -0.2) is 45.7 Å². The SMILES string of the molecule is O=S([O-])CN1CCNCC1. The highest BCUT2D eigenvalue weighted by molar-refractivity contribution is 7.79. The second-order valence-electron chi connectivity index (χ2n) is 2.30. The van der Waals surface area contributed by atoms with Crippen LogP contribution in [0.5, 0.6) is 0 Å². The van der Waals surface area contributed by atoms with E-state index in [0.29, 0.717) is 0 Å². The molecule has 0 radical (unpaired) electrons. The first kappa shape index (κ1) is 8.13. The molecular formula is C5H11N2O2S-. The van der Waals surface area contributed by atoms with Gasteiger partial charge in [-0.05, 0) is 11.1 Å². The fourth-order valence-electron chi connectivity index (χ4n) is 0.989. The highest BCUT2D eigenvalue weighted by Crippen LogP contribution is 1.91. The van der Waals surface area contributed by atoms with Gasteiger partial charge in [0.1, 0.15) is 0 Å². The van der Waals surface area contributed by atoms with Gasteiger partial charge in [-0.3, -0.25) is 9.11 Å². The molecule has 0 aromatic heterocycles. The van der Waals surface area contributed by atoms with E-state index in [9.17, 15) is 8.76 Å². The Kier molecular flexibility index (Phi) is 3.27. The maximum Gasteiger partial charge on any atom is 0.0614 e. The zero-order valence-corrected chi connectivity index (χ0v) is 6.52. The Labute approximate surface area is 62.9 Å². The van der Waals surface area contributed by atoms with Crippen LogP contribution in [-0.2, 0) is 11.1 Å². The summed E-state index contributed by atoms with van der Waals surface area (Å²) >= 11 is -1.91. The molecule has 1 saturated heterocycles. The summed E-state index contributed by atoms with van der Waals surface area (Å²) in [6.45, 7) is 3.48. The molecule has 0 saturated carbocycles. The van der Waals surface area contributed by atoms with Crippen LogP contribution in [0.3, 0.4) is 0 Å². The number of rotatable bonds is 2. The van der Waals surface area contributed by atoms with E-state index in [1.165, 1.54) is 0 Å². The lowest BCUT2D eigenvalue weighted by Gasteiger charge is -2.27. The normalized spacial score (nSPS) is 24.5. The van der Waals surface area contributed by atoms with Gasteiger partial charge in [-0.2, -0.15) is 0 Å². The maximum absolute atomic E-state index is 10.2. The standard InChI is InChI=1S/C5H12N2O2S/c8-10(9)5-7-3-1-6-2-4-7/h6H,1-5H2,(H,8,9)/p-1. The van der Waals surface area contributed by atoms with Gasteiger partial charge in [0.2, 0.25) is 0 Å². The van der Waals surface area contributed by atoms with Crippen molar-refractivity contribution >= 4 is 11.1 Å². The smallest absolute Gasteiger partial charge is 0.0614 e. The number of nitrogens with zero attached hydrogens (tertiary/aromatic N) is 1. The first-order valence-electron chi connectivity index (χ1n) is 3.28. The summed E-state index contributed by atoms with van der Waals surface area (Å²) in [5.41, 5.74) is 0. The van der Waals surface area contributed by atoms with Gasteiger partial charge in [0, 0.05) is 26.2 Å². The Morgan fingerprint density at radius 2 is 2.10 bits per heavy atom. The third-order valence-corrected chi connectivity index (χ3v) is 2.07. The Morgan fingerprint density at radius 1 is 1.50 bits per heavy atom. The van der Waals surface area contributed by atoms with Gasteiger partial charge in [-0.15, -0.1) is 0 Å². The van der Waals surface area contributed by atoms with Crippen molar-refractivity contribution in [2.75, 3.05) is 32.1 Å². The van der Waals surface area contributed by atoms with Crippen molar-refractivity contribution in [2.45, 2.75) is 0 Å². The minimum Gasteiger partial charge on any atom is -0.771 e. The van der Waals surface area contributed by atoms with Gasteiger partial charge in [0.25, 0.3) is 0 Å². The molecule has 5 heteroatoms. The zero-order chi connectivity index (χ0) is 7.40. The highest BCUT2D eigenvalue weighted by atomic mass is 32.2. The summed E-state index contributed by atoms with van der Waals surface area (Å²) in [6, 6.07) is 0. The van der Waals surface area contributed by atoms with Crippen LogP contribution >= 0.6 is 0 Å². The molecule has 4 nitrogen and oxygen atoms in total. The van der Waals surface area contributed by atoms with Crippen LogP contribution < -0.4 is 5.32 Å². The van der Waals surface area contributed by atoms with Crippen LogP contribution in [0.2, 0.25) is 0 Å². The molecule has 1 N–H and O–H groups in total. The molecule has 10 heavy (non-hydrogen) atoms. The molecule has 0 aromatic carbocycles. The van der Waals surface area contributed by atoms with Crippen LogP contribution in [0.1, 0.15) is 0 Å². The minimum atomic E-state index is -1.91. The van der Waals surface area contributed by atoms with Crippen LogP contribution in [0.4, 0.5) is 0 Å². The van der Waals surface area contributed by atoms with Gasteiger partial charge in [-0.25, -0.2) is 0 Å². The lowest BCUT2D eigenvalue weighted by atomic mass is 10.4. The van der Waals surface area contributed by atoms with E-state index in [0.717, 1.165) is 26.2 Å². The number of nitrogens with one attached hydrogen (secondary N) is 1. The van der Waals surface area contributed by atoms with E-state index in [1.54, 1.807) is 0 Å². The van der Waals surface area contributed by atoms with Crippen LogP contribution in [0, 0.1) is 0 Å². The van der Waals surface area contributed by atoms with Gasteiger partial charge in [0.15, 0.2) is 0 Å². The first-order chi connectivity index (χ1) is 4.79. The molecule has 0 amide bonds. The Hall–Kier alpha value is 0.0300. The molecule has 60 valence electrons. The fraction of sp³-hybridized carbons (Fsp3) is 1.00. The fourth-order valence-corrected chi connectivity index (χ4v) is 1.55. The summed E-state index contributed by atoms with van der Waals surface area (Å²) in [4.78, 5) is 1.92. The monoisotopic (exact) mass is 163 g/mol. The lowest BCUT2D eigenvalue weighted by molar-refractivity contribution is 0.272. The predicted octanol–water partition coefficient (Wildman–Crippen LogP) is -1.27. The molecule has 1 rings (SSSR count). The minimum absolute atomic E-state index is 0.182. The largest absolute Gasteiger partial charge is 0.771 e. The summed E-state index contributed by atoms with van der Waals surface area (Å²) in [7, 11) is 0. The average molecular weight is 163 g/mol. The second kappa shape index (κ2) is 4.02. The molecule has 1 heterocycles. The quantitative estimate of drug-likeness (QED) is 0.516. The highest BCUT2D eigenvalue weighted by Gasteiger charge is 2.07. The van der Waals surface area contributed by atoms with Crippen molar-refractivity contribution in [3.05, 3.63) is 0 Å². The van der Waals surface area contributed by atoms with E-state index in [1.807, 2.05) is 4.90 Å². The number of hydrogen-bond donors (Lipinski definition) is 1. The van der Waals surface area contributed by atoms with Crippen molar-refractivity contribution in [1.82, 2.24) is 10.2 Å². The van der Waals surface area contributed by atoms with E-state index in [4.69, 9.17) is 0 Å². The summed E-state index contributed by atoms with van der Waals surface area (Å²) in [5.74, 6) is 0.182. The van der Waals surface area contributed by atoms with Gasteiger partial charge >= 0.3 is 0 Å². The molecule has 0 bridgehead atoms. The van der Waals surface area contributed by atoms with Gasteiger partial charge < -0.3 is 9.87 Å². The van der Waals surface area contributed by atoms with Gasteiger partial charge in [-0.1, -0.05) is 0 Å². The summed E-state index contributed by atoms with van der Waals surface area (Å²) < 4.78 is 20.4. The van der Waals surface area contributed by atoms with E-state index in [-0.39, 0.29) is 5.88 Å². The molecule has 1 aliphatic rings. The van der Waals surface area contributed by atoms with Crippen molar-refractivity contribution in [3.8, 4) is 0 Å². The number of piperazine rings is 1. The van der Waals surface area contributed by atoms with E-state index < -0.39 is 11.1 Å². The van der Waals surface area contributed by atoms with Crippen molar-refractivity contribution < 1.29 is 8.76 Å². The van der Waals surface area contributed by atoms with E-state index in [2.05, 4.69) is 5.32 Å². The van der Waals surface area contributed by atoms with Crippen molar-refractivity contribution in [2.24, 2.45) is 0 Å². The molecule has 0 spiro atoms. The van der Waals surface area contributed by atoms with E-state index >= 15 is 0 Å². The maximum atomic E-state index is 10.2. The van der Waals surface area contributed by atoms with Crippen LogP contribution in [0.15, 0.2) is 0 Å². The molecule has 1 aliphatic heterocycles. The first-order valence-corrected chi connectivity index (χ1v) is 4.52. The number of hydrogen-bond acceptors (Lipinski definition) is 4. The molecular weight excluding hydrogens is 152 g/mol. The summed E-state index contributed by atoms with van der Waals surface area (Å²) in [6.07, 6.45) is 0. The Bertz CT molecular complexity index is 125. The predicted molar refractivity (Wildman–Crippen MR) is 38.2 cm³/mol. The van der Waals surface area contributed by atoms with Gasteiger partial charge in [0.05, 0.1) is 5.88 Å². The lowest BCUT2D eigenvalue weighted by Crippen LogP contribution is -2.44. The Morgan fingerprint density at radius 3 is 2.60 bits per heavy atom. The van der Waals surface area contributed by atoms with Crippen molar-refractivity contribution in [1.29, 1.82) is 0 Å². The summed E-state index contributed by atoms with van der Waals surface area (Å²) in [5, 5.41) is 3.15. The Balaban J connectivity index is 2.19. The zero-order valence-electron chi connectivity index (χ0n) is 5.71. The van der Waals surface area contributed by atoms with Crippen LogP contribution in [0.25, 0.3) is 0 Å². The van der Waals surface area contributed by atoms with Crippen molar-refractivity contribution in [3.63, 3.8) is 0 Å². The third-order valence-electron chi connectivity index (χ3n) is 1.50. The topological polar surface area (TPSA) is 55.4 Å². The third kappa shape index (κ3) is 2.74.